The van der Waals surface area contributed by atoms with E-state index in [4.69, 9.17) is 9.47 Å². The van der Waals surface area contributed by atoms with Crippen LogP contribution in [0.15, 0.2) is 12.2 Å². The van der Waals surface area contributed by atoms with Crippen molar-refractivity contribution in [3.05, 3.63) is 12.2 Å². The van der Waals surface area contributed by atoms with Crippen LogP contribution >= 0.6 is 0 Å². The molecule has 0 aromatic rings. The minimum absolute atomic E-state index is 0.00667. The van der Waals surface area contributed by atoms with Crippen LogP contribution in [0, 0.1) is 39.9 Å². The van der Waals surface area contributed by atoms with E-state index in [0.717, 1.165) is 19.3 Å². The summed E-state index contributed by atoms with van der Waals surface area (Å²) < 4.78 is 12.1. The first-order valence-electron chi connectivity index (χ1n) is 17.7. The lowest BCUT2D eigenvalue weighted by molar-refractivity contribution is -0.458. The summed E-state index contributed by atoms with van der Waals surface area (Å²) in [6.07, 6.45) is 9.81. The standard InChI is InChI=1S/C36H56O9/c1-5-6-7-8-9-10-11-12-13-14-15-23(32(41)42)20-27(38)45-31-24-16-17-25-34-21-44-36(43,35(25,31)29(39)22(24)2)30(40)28(34)33(3,4)19-18-26(34)37/h23-26,28,30-31,37,40,43H,2,5-21H2,1,3-4H3,(H,41,42)/t23?,24-,25-,26-,28+,30-,31+,34+,35-,36-/m0/s1. The highest BCUT2D eigenvalue weighted by atomic mass is 16.6. The molecule has 2 heterocycles. The quantitative estimate of drug-likeness (QED) is 0.107. The van der Waals surface area contributed by atoms with Crippen molar-refractivity contribution in [2.45, 2.75) is 148 Å². The fourth-order valence-corrected chi connectivity index (χ4v) is 10.6. The van der Waals surface area contributed by atoms with E-state index < -0.39 is 81.7 Å². The van der Waals surface area contributed by atoms with Gasteiger partial charge in [0.05, 0.1) is 25.0 Å². The molecule has 0 aromatic carbocycles. The number of carboxylic acid groups (broad SMARTS) is 1. The molecule has 45 heavy (non-hydrogen) atoms. The normalized spacial score (nSPS) is 40.1. The number of carboxylic acids is 1. The summed E-state index contributed by atoms with van der Waals surface area (Å²) in [5, 5.41) is 45.7. The molecule has 254 valence electrons. The number of rotatable bonds is 15. The highest BCUT2D eigenvalue weighted by Crippen LogP contribution is 2.76. The van der Waals surface area contributed by atoms with E-state index in [-0.39, 0.29) is 18.6 Å². The molecule has 2 aliphatic heterocycles. The van der Waals surface area contributed by atoms with E-state index in [2.05, 4.69) is 13.5 Å². The van der Waals surface area contributed by atoms with Crippen molar-refractivity contribution in [3.63, 3.8) is 0 Å². The number of Topliss-reactive ketones (excluding diaryl/α,β-unsaturated/α-hetero) is 1. The van der Waals surface area contributed by atoms with Gasteiger partial charge in [0.15, 0.2) is 5.78 Å². The average molecular weight is 633 g/mol. The predicted octanol–water partition coefficient (Wildman–Crippen LogP) is 5.33. The fourth-order valence-electron chi connectivity index (χ4n) is 10.6. The van der Waals surface area contributed by atoms with E-state index >= 15 is 0 Å². The van der Waals surface area contributed by atoms with Crippen LogP contribution in [0.25, 0.3) is 0 Å². The van der Waals surface area contributed by atoms with Crippen LogP contribution in [-0.4, -0.2) is 68.9 Å². The predicted molar refractivity (Wildman–Crippen MR) is 167 cm³/mol. The molecule has 0 aromatic heterocycles. The largest absolute Gasteiger partial charge is 0.481 e. The van der Waals surface area contributed by atoms with Gasteiger partial charge in [-0.05, 0) is 49.0 Å². The Labute approximate surface area is 268 Å². The van der Waals surface area contributed by atoms with E-state index in [1.165, 1.54) is 38.5 Å². The summed E-state index contributed by atoms with van der Waals surface area (Å²) in [5.41, 5.74) is -3.05. The number of carbonyl (C=O) groups excluding carboxylic acids is 2. The maximum atomic E-state index is 14.2. The molecule has 4 aliphatic carbocycles. The smallest absolute Gasteiger partial charge is 0.307 e. The topological polar surface area (TPSA) is 151 Å². The number of fused-ring (bicyclic) bond motifs is 2. The number of aliphatic carboxylic acids is 1. The number of aliphatic hydroxyl groups is 3. The number of esters is 1. The Morgan fingerprint density at radius 3 is 2.24 bits per heavy atom. The van der Waals surface area contributed by atoms with E-state index in [1.54, 1.807) is 0 Å². The maximum Gasteiger partial charge on any atom is 0.307 e. The third-order valence-corrected chi connectivity index (χ3v) is 12.8. The highest BCUT2D eigenvalue weighted by Gasteiger charge is 2.87. The number of unbranched alkanes of at least 4 members (excludes halogenated alkanes) is 9. The second-order valence-corrected chi connectivity index (χ2v) is 15.6. The zero-order valence-electron chi connectivity index (χ0n) is 27.6. The van der Waals surface area contributed by atoms with Gasteiger partial charge in [-0.25, -0.2) is 0 Å². The molecule has 4 N–H and O–H groups in total. The van der Waals surface area contributed by atoms with Crippen LogP contribution in [-0.2, 0) is 23.9 Å². The lowest BCUT2D eigenvalue weighted by atomic mass is 9.35. The van der Waals surface area contributed by atoms with Crippen LogP contribution in [0.4, 0.5) is 0 Å². The maximum absolute atomic E-state index is 14.2. The first-order valence-corrected chi connectivity index (χ1v) is 17.7. The summed E-state index contributed by atoms with van der Waals surface area (Å²) in [7, 11) is 0. The molecule has 0 radical (unpaired) electrons. The third kappa shape index (κ3) is 5.32. The first-order chi connectivity index (χ1) is 21.3. The molecule has 6 fully saturated rings. The van der Waals surface area contributed by atoms with Crippen LogP contribution < -0.4 is 0 Å². The molecule has 2 spiro atoms. The van der Waals surface area contributed by atoms with E-state index in [1.807, 2.05) is 13.8 Å². The van der Waals surface area contributed by atoms with Crippen LogP contribution in [0.1, 0.15) is 124 Å². The number of aliphatic hydroxyl groups excluding tert-OH is 2. The Kier molecular flexibility index (Phi) is 9.98. The molecule has 6 aliphatic rings. The molecule has 6 rings (SSSR count). The SMILES string of the molecule is C=C1C(=O)[C@]23[C@H](OC(=O)CC(CCCCCCCCCCCC)C(=O)O)[C@H]1CC[C@H]2[C@@]12CO[C@@]3(O)[C@@H](O)[C@@H]1C(C)(C)CC[C@@H]2O. The Balaban J connectivity index is 1.29. The summed E-state index contributed by atoms with van der Waals surface area (Å²) in [4.78, 5) is 39.9. The summed E-state index contributed by atoms with van der Waals surface area (Å²) in [5.74, 6) is -7.25. The molecule has 4 saturated carbocycles. The number of ether oxygens (including phenoxy) is 2. The third-order valence-electron chi connectivity index (χ3n) is 12.8. The van der Waals surface area contributed by atoms with Gasteiger partial charge in [-0.3, -0.25) is 14.4 Å². The van der Waals surface area contributed by atoms with Crippen molar-refractivity contribution < 1.29 is 44.3 Å². The highest BCUT2D eigenvalue weighted by molar-refractivity contribution is 6.05. The molecule has 2 saturated heterocycles. The van der Waals surface area contributed by atoms with E-state index in [0.29, 0.717) is 38.5 Å². The van der Waals surface area contributed by atoms with Gasteiger partial charge < -0.3 is 29.9 Å². The van der Waals surface area contributed by atoms with Crippen LogP contribution in [0.2, 0.25) is 0 Å². The number of ketones is 1. The molecule has 9 heteroatoms. The van der Waals surface area contributed by atoms with Crippen molar-refractivity contribution in [2.24, 2.45) is 39.9 Å². The number of hydrogen-bond acceptors (Lipinski definition) is 8. The van der Waals surface area contributed by atoms with Crippen molar-refractivity contribution in [1.29, 1.82) is 0 Å². The summed E-state index contributed by atoms with van der Waals surface area (Å²) in [6.45, 7) is 10.3. The molecule has 0 amide bonds. The Morgan fingerprint density at radius 1 is 1.00 bits per heavy atom. The molecule has 9 nitrogen and oxygen atoms in total. The Bertz CT molecular complexity index is 1150. The second-order valence-electron chi connectivity index (χ2n) is 15.6. The van der Waals surface area contributed by atoms with Crippen LogP contribution in [0.5, 0.6) is 0 Å². The summed E-state index contributed by atoms with van der Waals surface area (Å²) in [6, 6.07) is 0. The van der Waals surface area contributed by atoms with Crippen molar-refractivity contribution >= 4 is 17.7 Å². The van der Waals surface area contributed by atoms with Gasteiger partial charge in [-0.2, -0.15) is 0 Å². The molecule has 1 unspecified atom stereocenters. The Morgan fingerprint density at radius 2 is 1.62 bits per heavy atom. The molecule has 4 bridgehead atoms. The fraction of sp³-hybridized carbons (Fsp3) is 0.861. The van der Waals surface area contributed by atoms with Gasteiger partial charge >= 0.3 is 11.9 Å². The zero-order chi connectivity index (χ0) is 32.8. The van der Waals surface area contributed by atoms with Gasteiger partial charge in [0.2, 0.25) is 5.79 Å². The molecular weight excluding hydrogens is 576 g/mol. The van der Waals surface area contributed by atoms with Gasteiger partial charge in [-0.15, -0.1) is 0 Å². The van der Waals surface area contributed by atoms with Gasteiger partial charge in [0.25, 0.3) is 0 Å². The van der Waals surface area contributed by atoms with E-state index in [9.17, 15) is 34.8 Å². The molecular formula is C36H56O9. The molecule has 10 atom stereocenters. The van der Waals surface area contributed by atoms with Crippen molar-refractivity contribution in [3.8, 4) is 0 Å². The van der Waals surface area contributed by atoms with Crippen molar-refractivity contribution in [1.82, 2.24) is 0 Å². The first kappa shape index (κ1) is 34.5. The van der Waals surface area contributed by atoms with Crippen molar-refractivity contribution in [2.75, 3.05) is 6.61 Å². The van der Waals surface area contributed by atoms with Gasteiger partial charge in [0, 0.05) is 17.3 Å². The minimum Gasteiger partial charge on any atom is -0.481 e. The number of carbonyl (C=O) groups is 3. The summed E-state index contributed by atoms with van der Waals surface area (Å²) >= 11 is 0. The second kappa shape index (κ2) is 13.0. The zero-order valence-corrected chi connectivity index (χ0v) is 27.6. The monoisotopic (exact) mass is 632 g/mol. The number of hydrogen-bond donors (Lipinski definition) is 4. The lowest BCUT2D eigenvalue weighted by Gasteiger charge is -2.74. The Hall–Kier alpha value is -1.81. The minimum atomic E-state index is -2.33. The van der Waals surface area contributed by atoms with Crippen LogP contribution in [0.3, 0.4) is 0 Å². The lowest BCUT2D eigenvalue weighted by Crippen LogP contribution is -2.85. The van der Waals surface area contributed by atoms with Gasteiger partial charge in [-0.1, -0.05) is 91.6 Å². The average Bonchev–Trinajstić information content (AvgIpc) is 3.10. The van der Waals surface area contributed by atoms with Gasteiger partial charge in [0.1, 0.15) is 17.6 Å².